The Morgan fingerprint density at radius 1 is 1.00 bits per heavy atom. The molecule has 2 aromatic rings. The minimum atomic E-state index is 0.0745. The van der Waals surface area contributed by atoms with Crippen molar-refractivity contribution in [3.05, 3.63) is 64.1 Å². The van der Waals surface area contributed by atoms with Gasteiger partial charge in [-0.3, -0.25) is 9.59 Å². The van der Waals surface area contributed by atoms with Crippen molar-refractivity contribution < 1.29 is 14.3 Å². The predicted octanol–water partition coefficient (Wildman–Crippen LogP) is 4.89. The van der Waals surface area contributed by atoms with Crippen molar-refractivity contribution >= 4 is 35.0 Å². The quantitative estimate of drug-likeness (QED) is 0.539. The highest BCUT2D eigenvalue weighted by Crippen LogP contribution is 2.31. The molecule has 0 atom stereocenters. The molecule has 1 saturated heterocycles. The van der Waals surface area contributed by atoms with E-state index in [-0.39, 0.29) is 17.9 Å². The van der Waals surface area contributed by atoms with Crippen LogP contribution < -0.4 is 10.1 Å². The molecule has 2 amide bonds. The van der Waals surface area contributed by atoms with Crippen molar-refractivity contribution in [3.8, 4) is 5.75 Å². The smallest absolute Gasteiger partial charge is 0.222 e. The van der Waals surface area contributed by atoms with Gasteiger partial charge < -0.3 is 15.0 Å². The van der Waals surface area contributed by atoms with E-state index in [1.807, 2.05) is 35.2 Å². The van der Waals surface area contributed by atoms with Gasteiger partial charge in [-0.1, -0.05) is 59.6 Å². The van der Waals surface area contributed by atoms with E-state index < -0.39 is 0 Å². The fraction of sp³-hybridized carbons (Fsp3) is 0.417. The summed E-state index contributed by atoms with van der Waals surface area (Å²) in [5.41, 5.74) is 1.17. The second-order valence-corrected chi connectivity index (χ2v) is 8.50. The van der Waals surface area contributed by atoms with Crippen LogP contribution in [-0.2, 0) is 16.0 Å². The van der Waals surface area contributed by atoms with Gasteiger partial charge in [-0.15, -0.1) is 0 Å². The summed E-state index contributed by atoms with van der Waals surface area (Å²) in [5, 5.41) is 3.95. The second-order valence-electron chi connectivity index (χ2n) is 7.71. The second kappa shape index (κ2) is 12.0. The normalized spacial score (nSPS) is 14.3. The molecule has 0 aromatic heterocycles. The van der Waals surface area contributed by atoms with Gasteiger partial charge in [0.05, 0.1) is 11.6 Å². The number of carbonyl (C=O) groups excluding carboxylic acids is 2. The third kappa shape index (κ3) is 7.44. The van der Waals surface area contributed by atoms with Gasteiger partial charge >= 0.3 is 0 Å². The molecule has 3 rings (SSSR count). The number of halogens is 2. The molecule has 1 fully saturated rings. The number of carbonyl (C=O) groups is 2. The molecule has 1 N–H and O–H groups in total. The monoisotopic (exact) mass is 462 g/mol. The number of aryl methyl sites for hydroxylation is 1. The first kappa shape index (κ1) is 23.4. The molecule has 31 heavy (non-hydrogen) atoms. The summed E-state index contributed by atoms with van der Waals surface area (Å²) < 4.78 is 5.64. The maximum absolute atomic E-state index is 12.5. The molecule has 166 valence electrons. The van der Waals surface area contributed by atoms with Crippen LogP contribution in [0.15, 0.2) is 48.5 Å². The van der Waals surface area contributed by atoms with Gasteiger partial charge in [0.2, 0.25) is 11.8 Å². The molecule has 0 spiro atoms. The number of nitrogens with zero attached hydrogens (tertiary/aromatic N) is 1. The maximum atomic E-state index is 12.5. The molecule has 5 nitrogen and oxygen atoms in total. The molecule has 1 heterocycles. The average Bonchev–Trinajstić information content (AvgIpc) is 2.79. The van der Waals surface area contributed by atoms with Crippen molar-refractivity contribution in [2.75, 3.05) is 19.7 Å². The SMILES string of the molecule is O=C(CCc1ccccc1)NC1CCN(C(=O)CCCOc2cccc(Cl)c2Cl)CC1. The molecular formula is C24H28Cl2N2O3. The average molecular weight is 463 g/mol. The Morgan fingerprint density at radius 3 is 2.48 bits per heavy atom. The fourth-order valence-corrected chi connectivity index (χ4v) is 3.98. The van der Waals surface area contributed by atoms with Gasteiger partial charge in [0.25, 0.3) is 0 Å². The summed E-state index contributed by atoms with van der Waals surface area (Å²) in [6, 6.07) is 15.4. The number of likely N-dealkylation sites (tertiary alicyclic amines) is 1. The number of hydrogen-bond donors (Lipinski definition) is 1. The zero-order valence-electron chi connectivity index (χ0n) is 17.5. The van der Waals surface area contributed by atoms with Crippen molar-refractivity contribution in [3.63, 3.8) is 0 Å². The molecule has 1 aliphatic heterocycles. The number of nitrogens with one attached hydrogen (secondary N) is 1. The minimum Gasteiger partial charge on any atom is -0.492 e. The Hall–Kier alpha value is -2.24. The largest absolute Gasteiger partial charge is 0.492 e. The molecule has 0 bridgehead atoms. The first-order valence-electron chi connectivity index (χ1n) is 10.7. The molecular weight excluding hydrogens is 435 g/mol. The first-order valence-corrected chi connectivity index (χ1v) is 11.5. The van der Waals surface area contributed by atoms with Crippen LogP contribution in [-0.4, -0.2) is 42.5 Å². The van der Waals surface area contributed by atoms with E-state index >= 15 is 0 Å². The molecule has 7 heteroatoms. The summed E-state index contributed by atoms with van der Waals surface area (Å²) in [4.78, 5) is 26.5. The van der Waals surface area contributed by atoms with E-state index in [1.54, 1.807) is 18.2 Å². The number of ether oxygens (including phenoxy) is 1. The maximum Gasteiger partial charge on any atom is 0.222 e. The Balaban J connectivity index is 1.30. The first-order chi connectivity index (χ1) is 15.0. The zero-order chi connectivity index (χ0) is 22.1. The fourth-order valence-electron chi connectivity index (χ4n) is 3.63. The summed E-state index contributed by atoms with van der Waals surface area (Å²) in [7, 11) is 0. The van der Waals surface area contributed by atoms with Crippen LogP contribution in [0.1, 0.15) is 37.7 Å². The summed E-state index contributed by atoms with van der Waals surface area (Å²) in [6.45, 7) is 1.74. The van der Waals surface area contributed by atoms with Crippen LogP contribution in [0, 0.1) is 0 Å². The van der Waals surface area contributed by atoms with Crippen LogP contribution in [0.5, 0.6) is 5.75 Å². The van der Waals surface area contributed by atoms with Crippen molar-refractivity contribution in [1.82, 2.24) is 10.2 Å². The summed E-state index contributed by atoms with van der Waals surface area (Å²) in [6.07, 6.45) is 3.84. The molecule has 0 saturated carbocycles. The van der Waals surface area contributed by atoms with Gasteiger partial charge in [0.15, 0.2) is 0 Å². The van der Waals surface area contributed by atoms with Gasteiger partial charge in [0.1, 0.15) is 10.8 Å². The highest BCUT2D eigenvalue weighted by Gasteiger charge is 2.23. The van der Waals surface area contributed by atoms with Crippen LogP contribution >= 0.6 is 23.2 Å². The lowest BCUT2D eigenvalue weighted by atomic mass is 10.0. The lowest BCUT2D eigenvalue weighted by molar-refractivity contribution is -0.132. The molecule has 0 unspecified atom stereocenters. The van der Waals surface area contributed by atoms with E-state index in [1.165, 1.54) is 5.56 Å². The number of piperidine rings is 1. The Bertz CT molecular complexity index is 868. The van der Waals surface area contributed by atoms with Gasteiger partial charge in [0, 0.05) is 32.0 Å². The van der Waals surface area contributed by atoms with E-state index in [0.717, 1.165) is 19.3 Å². The van der Waals surface area contributed by atoms with Crippen molar-refractivity contribution in [1.29, 1.82) is 0 Å². The lowest BCUT2D eigenvalue weighted by Crippen LogP contribution is -2.46. The van der Waals surface area contributed by atoms with Crippen LogP contribution in [0.3, 0.4) is 0 Å². The molecule has 0 radical (unpaired) electrons. The highest BCUT2D eigenvalue weighted by molar-refractivity contribution is 6.42. The molecule has 1 aliphatic rings. The Kier molecular flexibility index (Phi) is 9.04. The Labute approximate surface area is 193 Å². The highest BCUT2D eigenvalue weighted by atomic mass is 35.5. The number of hydrogen-bond acceptors (Lipinski definition) is 3. The Morgan fingerprint density at radius 2 is 1.74 bits per heavy atom. The number of amides is 2. The minimum absolute atomic E-state index is 0.0745. The van der Waals surface area contributed by atoms with E-state index in [9.17, 15) is 9.59 Å². The van der Waals surface area contributed by atoms with Crippen LogP contribution in [0.4, 0.5) is 0 Å². The van der Waals surface area contributed by atoms with Crippen LogP contribution in [0.2, 0.25) is 10.0 Å². The van der Waals surface area contributed by atoms with Gasteiger partial charge in [-0.05, 0) is 43.4 Å². The zero-order valence-corrected chi connectivity index (χ0v) is 19.0. The van der Waals surface area contributed by atoms with E-state index in [4.69, 9.17) is 27.9 Å². The van der Waals surface area contributed by atoms with Crippen molar-refractivity contribution in [2.45, 2.75) is 44.6 Å². The number of rotatable bonds is 9. The summed E-state index contributed by atoms with van der Waals surface area (Å²) >= 11 is 12.1. The van der Waals surface area contributed by atoms with Gasteiger partial charge in [-0.25, -0.2) is 0 Å². The summed E-state index contributed by atoms with van der Waals surface area (Å²) in [5.74, 6) is 0.727. The van der Waals surface area contributed by atoms with E-state index in [0.29, 0.717) is 54.8 Å². The van der Waals surface area contributed by atoms with Crippen LogP contribution in [0.25, 0.3) is 0 Å². The number of benzene rings is 2. The topological polar surface area (TPSA) is 58.6 Å². The van der Waals surface area contributed by atoms with E-state index in [2.05, 4.69) is 5.32 Å². The predicted molar refractivity (Wildman–Crippen MR) is 124 cm³/mol. The van der Waals surface area contributed by atoms with Gasteiger partial charge in [-0.2, -0.15) is 0 Å². The van der Waals surface area contributed by atoms with Crippen molar-refractivity contribution in [2.24, 2.45) is 0 Å². The third-order valence-electron chi connectivity index (χ3n) is 5.41. The molecule has 2 aromatic carbocycles. The third-order valence-corrected chi connectivity index (χ3v) is 6.21. The lowest BCUT2D eigenvalue weighted by Gasteiger charge is -2.32. The molecule has 0 aliphatic carbocycles. The standard InChI is InChI=1S/C24H28Cl2N2O3/c25-20-8-4-9-21(24(20)26)31-17-5-10-23(30)28-15-13-19(14-16-28)27-22(29)12-11-18-6-2-1-3-7-18/h1-4,6-9,19H,5,10-17H2,(H,27,29).